The van der Waals surface area contributed by atoms with Gasteiger partial charge in [-0.25, -0.2) is 0 Å². The Hall–Kier alpha value is -0.330. The minimum Gasteiger partial charge on any atom is -0.299 e. The van der Waals surface area contributed by atoms with Gasteiger partial charge < -0.3 is 0 Å². The normalized spacial score (nSPS) is 41.7. The van der Waals surface area contributed by atoms with Gasteiger partial charge in [0.2, 0.25) is 0 Å². The zero-order valence-corrected chi connectivity index (χ0v) is 9.68. The summed E-state index contributed by atoms with van der Waals surface area (Å²) < 4.78 is 0. The summed E-state index contributed by atoms with van der Waals surface area (Å²) in [7, 11) is 0. The lowest BCUT2D eigenvalue weighted by atomic mass is 9.76. The fourth-order valence-electron chi connectivity index (χ4n) is 3.79. The third-order valence-electron chi connectivity index (χ3n) is 4.81. The molecular weight excluding hydrogens is 172 g/mol. The lowest BCUT2D eigenvalue weighted by molar-refractivity contribution is -0.127. The Morgan fingerprint density at radius 1 is 1.43 bits per heavy atom. The number of hydrogen-bond acceptors (Lipinski definition) is 1. The fourth-order valence-corrected chi connectivity index (χ4v) is 3.79. The van der Waals surface area contributed by atoms with Crippen LogP contribution in [0.1, 0.15) is 52.9 Å². The lowest BCUT2D eigenvalue weighted by Gasteiger charge is -2.26. The molecule has 0 spiro atoms. The molecule has 80 valence electrons. The van der Waals surface area contributed by atoms with Crippen molar-refractivity contribution in [3.63, 3.8) is 0 Å². The molecule has 1 nitrogen and oxygen atoms in total. The Kier molecular flexibility index (Phi) is 2.45. The molecule has 2 fully saturated rings. The highest BCUT2D eigenvalue weighted by atomic mass is 16.1. The van der Waals surface area contributed by atoms with E-state index in [2.05, 4.69) is 13.8 Å². The van der Waals surface area contributed by atoms with Gasteiger partial charge in [0, 0.05) is 5.41 Å². The van der Waals surface area contributed by atoms with E-state index < -0.39 is 0 Å². The monoisotopic (exact) mass is 194 g/mol. The molecule has 0 heterocycles. The van der Waals surface area contributed by atoms with Gasteiger partial charge in [0.05, 0.1) is 0 Å². The Labute approximate surface area is 87.3 Å². The van der Waals surface area contributed by atoms with Crippen molar-refractivity contribution < 1.29 is 4.79 Å². The van der Waals surface area contributed by atoms with Crippen molar-refractivity contribution in [1.82, 2.24) is 0 Å². The van der Waals surface area contributed by atoms with Crippen molar-refractivity contribution in [2.45, 2.75) is 52.9 Å². The second-order valence-corrected chi connectivity index (χ2v) is 5.75. The summed E-state index contributed by atoms with van der Waals surface area (Å²) in [6, 6.07) is 0. The molecule has 1 heteroatoms. The van der Waals surface area contributed by atoms with Crippen LogP contribution in [0.2, 0.25) is 0 Å². The van der Waals surface area contributed by atoms with Crippen molar-refractivity contribution in [2.24, 2.45) is 23.2 Å². The minimum atomic E-state index is 0.120. The first-order valence-electron chi connectivity index (χ1n) is 6.07. The third kappa shape index (κ3) is 1.32. The minimum absolute atomic E-state index is 0.120. The number of fused-ring (bicyclic) bond motifs is 1. The lowest BCUT2D eigenvalue weighted by Crippen LogP contribution is -2.28. The van der Waals surface area contributed by atoms with Gasteiger partial charge in [0.1, 0.15) is 5.78 Å². The van der Waals surface area contributed by atoms with E-state index in [1.54, 1.807) is 0 Å². The fraction of sp³-hybridized carbons (Fsp3) is 0.923. The Bertz CT molecular complexity index is 244. The van der Waals surface area contributed by atoms with Gasteiger partial charge in [-0.05, 0) is 50.4 Å². The predicted molar refractivity (Wildman–Crippen MR) is 58.0 cm³/mol. The molecule has 0 aromatic carbocycles. The van der Waals surface area contributed by atoms with Crippen LogP contribution >= 0.6 is 0 Å². The van der Waals surface area contributed by atoms with E-state index in [-0.39, 0.29) is 5.41 Å². The van der Waals surface area contributed by atoms with Crippen molar-refractivity contribution >= 4 is 5.78 Å². The maximum atomic E-state index is 11.8. The van der Waals surface area contributed by atoms with E-state index >= 15 is 0 Å². The van der Waals surface area contributed by atoms with Crippen LogP contribution in [0.3, 0.4) is 0 Å². The number of rotatable bonds is 2. The molecular formula is C13H22O. The molecule has 0 radical (unpaired) electrons. The van der Waals surface area contributed by atoms with Crippen molar-refractivity contribution in [1.29, 1.82) is 0 Å². The van der Waals surface area contributed by atoms with Gasteiger partial charge in [-0.2, -0.15) is 0 Å². The van der Waals surface area contributed by atoms with E-state index in [9.17, 15) is 4.79 Å². The number of carbonyl (C=O) groups is 1. The van der Waals surface area contributed by atoms with E-state index in [0.29, 0.717) is 5.78 Å². The first-order chi connectivity index (χ1) is 6.56. The van der Waals surface area contributed by atoms with Crippen molar-refractivity contribution in [3.8, 4) is 0 Å². The van der Waals surface area contributed by atoms with Crippen LogP contribution in [0.15, 0.2) is 0 Å². The van der Waals surface area contributed by atoms with Gasteiger partial charge >= 0.3 is 0 Å². The highest BCUT2D eigenvalue weighted by Gasteiger charge is 2.53. The van der Waals surface area contributed by atoms with E-state index in [1.807, 2.05) is 6.92 Å². The SMILES string of the molecule is CC(=O)C12CCCC1CC(C(C)C)C2. The Morgan fingerprint density at radius 2 is 2.14 bits per heavy atom. The van der Waals surface area contributed by atoms with Gasteiger partial charge in [-0.15, -0.1) is 0 Å². The van der Waals surface area contributed by atoms with Crippen LogP contribution in [-0.2, 0) is 4.79 Å². The smallest absolute Gasteiger partial charge is 0.136 e. The highest BCUT2D eigenvalue weighted by molar-refractivity contribution is 5.83. The van der Waals surface area contributed by atoms with E-state index in [1.165, 1.54) is 32.1 Å². The van der Waals surface area contributed by atoms with Gasteiger partial charge in [-0.3, -0.25) is 4.79 Å². The molecule has 0 amide bonds. The molecule has 3 unspecified atom stereocenters. The molecule has 0 aromatic rings. The molecule has 0 N–H and O–H groups in total. The van der Waals surface area contributed by atoms with Gasteiger partial charge in [0.25, 0.3) is 0 Å². The molecule has 3 atom stereocenters. The maximum Gasteiger partial charge on any atom is 0.136 e. The largest absolute Gasteiger partial charge is 0.299 e. The first kappa shape index (κ1) is 10.2. The first-order valence-corrected chi connectivity index (χ1v) is 6.07. The topological polar surface area (TPSA) is 17.1 Å². The van der Waals surface area contributed by atoms with Crippen LogP contribution in [0.4, 0.5) is 0 Å². The second-order valence-electron chi connectivity index (χ2n) is 5.75. The van der Waals surface area contributed by atoms with E-state index in [4.69, 9.17) is 0 Å². The summed E-state index contributed by atoms with van der Waals surface area (Å²) in [5, 5.41) is 0. The summed E-state index contributed by atoms with van der Waals surface area (Å²) in [6.45, 7) is 6.43. The highest BCUT2D eigenvalue weighted by Crippen LogP contribution is 2.58. The summed E-state index contributed by atoms with van der Waals surface area (Å²) in [5.41, 5.74) is 0.120. The summed E-state index contributed by atoms with van der Waals surface area (Å²) in [4.78, 5) is 11.8. The molecule has 14 heavy (non-hydrogen) atoms. The number of carbonyl (C=O) groups excluding carboxylic acids is 1. The van der Waals surface area contributed by atoms with Crippen LogP contribution in [0.5, 0.6) is 0 Å². The van der Waals surface area contributed by atoms with Gasteiger partial charge in [0.15, 0.2) is 0 Å². The number of ketones is 1. The Morgan fingerprint density at radius 3 is 2.64 bits per heavy atom. The van der Waals surface area contributed by atoms with Crippen LogP contribution in [-0.4, -0.2) is 5.78 Å². The van der Waals surface area contributed by atoms with Crippen LogP contribution in [0.25, 0.3) is 0 Å². The molecule has 2 saturated carbocycles. The summed E-state index contributed by atoms with van der Waals surface area (Å²) in [6.07, 6.45) is 6.27. The zero-order valence-electron chi connectivity index (χ0n) is 9.68. The van der Waals surface area contributed by atoms with E-state index in [0.717, 1.165) is 17.8 Å². The molecule has 2 aliphatic rings. The standard InChI is InChI=1S/C13H22O/c1-9(2)11-7-12-5-4-6-13(12,8-11)10(3)14/h9,11-12H,4-8H2,1-3H3. The molecule has 0 bridgehead atoms. The quantitative estimate of drug-likeness (QED) is 0.658. The molecule has 0 saturated heterocycles. The van der Waals surface area contributed by atoms with Crippen LogP contribution in [0, 0.1) is 23.2 Å². The maximum absolute atomic E-state index is 11.8. The summed E-state index contributed by atoms with van der Waals surface area (Å²) >= 11 is 0. The zero-order chi connectivity index (χ0) is 10.3. The van der Waals surface area contributed by atoms with Crippen LogP contribution < -0.4 is 0 Å². The Balaban J connectivity index is 2.19. The molecule has 2 rings (SSSR count). The second kappa shape index (κ2) is 3.36. The molecule has 2 aliphatic carbocycles. The van der Waals surface area contributed by atoms with Crippen molar-refractivity contribution in [3.05, 3.63) is 0 Å². The number of Topliss-reactive ketones (excluding diaryl/α,β-unsaturated/α-hetero) is 1. The molecule has 0 aliphatic heterocycles. The summed E-state index contributed by atoms with van der Waals surface area (Å²) in [5.74, 6) is 2.77. The molecule has 0 aromatic heterocycles. The predicted octanol–water partition coefficient (Wildman–Crippen LogP) is 3.43. The van der Waals surface area contributed by atoms with Gasteiger partial charge in [-0.1, -0.05) is 20.3 Å². The third-order valence-corrected chi connectivity index (χ3v) is 4.81. The van der Waals surface area contributed by atoms with Crippen molar-refractivity contribution in [2.75, 3.05) is 0 Å². The average Bonchev–Trinajstić information content (AvgIpc) is 2.57. The number of hydrogen-bond donors (Lipinski definition) is 0. The average molecular weight is 194 g/mol.